The van der Waals surface area contributed by atoms with Crippen LogP contribution in [0.4, 0.5) is 0 Å². The first-order valence-electron chi connectivity index (χ1n) is 7.27. The van der Waals surface area contributed by atoms with Crippen molar-refractivity contribution in [3.63, 3.8) is 0 Å². The SMILES string of the molecule is O=c1c(-c2ccccc2)c(-c2cccs2)oc2cc(O)cc(O)c12. The average molecular weight is 336 g/mol. The van der Waals surface area contributed by atoms with Crippen molar-refractivity contribution in [2.24, 2.45) is 0 Å². The number of thiophene rings is 1. The van der Waals surface area contributed by atoms with Gasteiger partial charge in [-0.15, -0.1) is 11.3 Å². The summed E-state index contributed by atoms with van der Waals surface area (Å²) in [5.74, 6) is -0.0277. The van der Waals surface area contributed by atoms with Crippen molar-refractivity contribution in [1.29, 1.82) is 0 Å². The van der Waals surface area contributed by atoms with E-state index in [2.05, 4.69) is 0 Å². The van der Waals surface area contributed by atoms with Crippen LogP contribution in [0.3, 0.4) is 0 Å². The number of rotatable bonds is 2. The van der Waals surface area contributed by atoms with E-state index in [1.807, 2.05) is 47.8 Å². The zero-order chi connectivity index (χ0) is 16.7. The predicted molar refractivity (Wildman–Crippen MR) is 94.6 cm³/mol. The van der Waals surface area contributed by atoms with Crippen LogP contribution in [0.2, 0.25) is 0 Å². The Balaban J connectivity index is 2.18. The first kappa shape index (κ1) is 14.5. The largest absolute Gasteiger partial charge is 0.508 e. The summed E-state index contributed by atoms with van der Waals surface area (Å²) < 4.78 is 5.92. The maximum atomic E-state index is 13.1. The summed E-state index contributed by atoms with van der Waals surface area (Å²) in [7, 11) is 0. The molecule has 0 aliphatic carbocycles. The van der Waals surface area contributed by atoms with Crippen molar-refractivity contribution in [1.82, 2.24) is 0 Å². The van der Waals surface area contributed by atoms with Crippen molar-refractivity contribution in [3.8, 4) is 33.3 Å². The van der Waals surface area contributed by atoms with Gasteiger partial charge in [-0.05, 0) is 17.0 Å². The second kappa shape index (κ2) is 5.54. The van der Waals surface area contributed by atoms with E-state index in [0.29, 0.717) is 16.9 Å². The number of aromatic hydroxyl groups is 2. The van der Waals surface area contributed by atoms with E-state index in [9.17, 15) is 15.0 Å². The molecule has 0 aliphatic rings. The van der Waals surface area contributed by atoms with E-state index >= 15 is 0 Å². The summed E-state index contributed by atoms with van der Waals surface area (Å²) in [5.41, 5.74) is 0.930. The van der Waals surface area contributed by atoms with E-state index in [-0.39, 0.29) is 27.9 Å². The van der Waals surface area contributed by atoms with Gasteiger partial charge in [0.05, 0.1) is 10.4 Å². The van der Waals surface area contributed by atoms with Crippen LogP contribution in [0, 0.1) is 0 Å². The number of phenols is 2. The van der Waals surface area contributed by atoms with Gasteiger partial charge in [-0.2, -0.15) is 0 Å². The first-order valence-corrected chi connectivity index (χ1v) is 8.15. The highest BCUT2D eigenvalue weighted by Crippen LogP contribution is 2.37. The molecule has 4 aromatic rings. The quantitative estimate of drug-likeness (QED) is 0.561. The van der Waals surface area contributed by atoms with Gasteiger partial charge in [-0.25, -0.2) is 0 Å². The lowest BCUT2D eigenvalue weighted by Crippen LogP contribution is -2.07. The third-order valence-electron chi connectivity index (χ3n) is 3.77. The minimum absolute atomic E-state index is 0.0620. The lowest BCUT2D eigenvalue weighted by atomic mass is 10.0. The Labute approximate surface area is 140 Å². The van der Waals surface area contributed by atoms with Gasteiger partial charge < -0.3 is 14.6 Å². The average Bonchev–Trinajstić information content (AvgIpc) is 3.09. The molecule has 0 atom stereocenters. The van der Waals surface area contributed by atoms with Crippen LogP contribution < -0.4 is 5.43 Å². The topological polar surface area (TPSA) is 70.7 Å². The molecule has 0 amide bonds. The van der Waals surface area contributed by atoms with Gasteiger partial charge >= 0.3 is 0 Å². The normalized spacial score (nSPS) is 11.0. The van der Waals surface area contributed by atoms with Gasteiger partial charge in [0, 0.05) is 12.1 Å². The fourth-order valence-electron chi connectivity index (χ4n) is 2.73. The first-order chi connectivity index (χ1) is 11.6. The number of benzene rings is 2. The van der Waals surface area contributed by atoms with E-state index in [4.69, 9.17) is 4.42 Å². The Bertz CT molecular complexity index is 1080. The van der Waals surface area contributed by atoms with E-state index in [1.54, 1.807) is 0 Å². The fourth-order valence-corrected chi connectivity index (χ4v) is 3.44. The number of fused-ring (bicyclic) bond motifs is 1. The molecule has 2 heterocycles. The van der Waals surface area contributed by atoms with Crippen molar-refractivity contribution < 1.29 is 14.6 Å². The highest BCUT2D eigenvalue weighted by atomic mass is 32.1. The Hall–Kier alpha value is -3.05. The van der Waals surface area contributed by atoms with Gasteiger partial charge in [-0.3, -0.25) is 4.79 Å². The zero-order valence-electron chi connectivity index (χ0n) is 12.4. The summed E-state index contributed by atoms with van der Waals surface area (Å²) in [5, 5.41) is 21.8. The molecular weight excluding hydrogens is 324 g/mol. The minimum Gasteiger partial charge on any atom is -0.508 e. The molecule has 0 aliphatic heterocycles. The molecule has 0 saturated carbocycles. The van der Waals surface area contributed by atoms with Gasteiger partial charge in [-0.1, -0.05) is 36.4 Å². The molecule has 2 N–H and O–H groups in total. The molecule has 0 spiro atoms. The van der Waals surface area contributed by atoms with Crippen LogP contribution in [0.1, 0.15) is 0 Å². The van der Waals surface area contributed by atoms with Crippen LogP contribution >= 0.6 is 11.3 Å². The lowest BCUT2D eigenvalue weighted by Gasteiger charge is -2.10. The van der Waals surface area contributed by atoms with E-state index < -0.39 is 0 Å². The van der Waals surface area contributed by atoms with Gasteiger partial charge in [0.25, 0.3) is 0 Å². The summed E-state index contributed by atoms with van der Waals surface area (Å²) >= 11 is 1.45. The molecule has 4 rings (SSSR count). The maximum absolute atomic E-state index is 13.1. The summed E-state index contributed by atoms with van der Waals surface area (Å²) in [6.07, 6.45) is 0. The third-order valence-corrected chi connectivity index (χ3v) is 4.64. The molecule has 0 unspecified atom stereocenters. The second-order valence-corrected chi connectivity index (χ2v) is 6.26. The molecule has 2 aromatic heterocycles. The maximum Gasteiger partial charge on any atom is 0.204 e. The molecule has 24 heavy (non-hydrogen) atoms. The van der Waals surface area contributed by atoms with E-state index in [1.165, 1.54) is 17.4 Å². The molecule has 5 heteroatoms. The zero-order valence-corrected chi connectivity index (χ0v) is 13.2. The van der Waals surface area contributed by atoms with Crippen LogP contribution in [0.25, 0.3) is 32.7 Å². The minimum atomic E-state index is -0.330. The number of hydrogen-bond donors (Lipinski definition) is 2. The van der Waals surface area contributed by atoms with Crippen LogP contribution in [-0.2, 0) is 0 Å². The highest BCUT2D eigenvalue weighted by Gasteiger charge is 2.20. The lowest BCUT2D eigenvalue weighted by molar-refractivity contribution is 0.452. The Morgan fingerprint density at radius 2 is 1.75 bits per heavy atom. The van der Waals surface area contributed by atoms with Gasteiger partial charge in [0.2, 0.25) is 5.43 Å². The van der Waals surface area contributed by atoms with Crippen molar-refractivity contribution in [3.05, 3.63) is 70.2 Å². The molecule has 0 fully saturated rings. The third kappa shape index (κ3) is 2.26. The molecule has 2 aromatic carbocycles. The number of hydrogen-bond acceptors (Lipinski definition) is 5. The molecule has 0 saturated heterocycles. The molecule has 0 bridgehead atoms. The highest BCUT2D eigenvalue weighted by molar-refractivity contribution is 7.13. The summed E-state index contributed by atoms with van der Waals surface area (Å²) in [6, 6.07) is 15.4. The monoisotopic (exact) mass is 336 g/mol. The fraction of sp³-hybridized carbons (Fsp3) is 0. The van der Waals surface area contributed by atoms with Gasteiger partial charge in [0.1, 0.15) is 22.5 Å². The van der Waals surface area contributed by atoms with E-state index in [0.717, 1.165) is 10.9 Å². The molecule has 4 nitrogen and oxygen atoms in total. The summed E-state index contributed by atoms with van der Waals surface area (Å²) in [4.78, 5) is 13.9. The van der Waals surface area contributed by atoms with Crippen molar-refractivity contribution in [2.75, 3.05) is 0 Å². The Kier molecular flexibility index (Phi) is 3.36. The molecular formula is C19H12O4S. The van der Waals surface area contributed by atoms with Gasteiger partial charge in [0.15, 0.2) is 5.76 Å². The standard InChI is InChI=1S/C19H12O4S/c20-12-9-13(21)17-14(10-12)23-19(15-7-4-8-24-15)16(18(17)22)11-5-2-1-3-6-11/h1-10,20-21H. The Morgan fingerprint density at radius 1 is 0.958 bits per heavy atom. The smallest absolute Gasteiger partial charge is 0.204 e. The van der Waals surface area contributed by atoms with Crippen molar-refractivity contribution >= 4 is 22.3 Å². The summed E-state index contributed by atoms with van der Waals surface area (Å²) in [6.45, 7) is 0. The molecule has 0 radical (unpaired) electrons. The van der Waals surface area contributed by atoms with Crippen LogP contribution in [-0.4, -0.2) is 10.2 Å². The Morgan fingerprint density at radius 3 is 2.46 bits per heavy atom. The van der Waals surface area contributed by atoms with Crippen LogP contribution in [0.5, 0.6) is 11.5 Å². The van der Waals surface area contributed by atoms with Crippen molar-refractivity contribution in [2.45, 2.75) is 0 Å². The van der Waals surface area contributed by atoms with Crippen LogP contribution in [0.15, 0.2) is 69.2 Å². The number of phenolic OH excluding ortho intramolecular Hbond substituents is 2. The molecule has 118 valence electrons. The predicted octanol–water partition coefficient (Wildman–Crippen LogP) is 4.60. The second-order valence-electron chi connectivity index (χ2n) is 5.32.